The van der Waals surface area contributed by atoms with Crippen molar-refractivity contribution in [2.24, 2.45) is 0 Å². The molecular weight excluding hydrogens is 542 g/mol. The third kappa shape index (κ3) is 6.87. The number of pyridine rings is 1. The largest absolute Gasteiger partial charge is 0.477 e. The molecule has 1 aliphatic heterocycles. The summed E-state index contributed by atoms with van der Waals surface area (Å²) in [6.07, 6.45) is 7.59. The van der Waals surface area contributed by atoms with Crippen molar-refractivity contribution in [2.45, 2.75) is 44.0 Å². The summed E-state index contributed by atoms with van der Waals surface area (Å²) in [6.45, 7) is 6.76. The molecule has 0 bridgehead atoms. The zero-order chi connectivity index (χ0) is 27.4. The van der Waals surface area contributed by atoms with Crippen LogP contribution in [-0.4, -0.2) is 83.4 Å². The van der Waals surface area contributed by atoms with Crippen LogP contribution in [0.2, 0.25) is 0 Å². The Morgan fingerprint density at radius 3 is 2.90 bits per heavy atom. The first kappa shape index (κ1) is 27.4. The van der Waals surface area contributed by atoms with Crippen LogP contribution in [0.3, 0.4) is 0 Å². The van der Waals surface area contributed by atoms with Crippen molar-refractivity contribution in [3.63, 3.8) is 0 Å². The lowest BCUT2D eigenvalue weighted by atomic mass is 10.1. The lowest BCUT2D eigenvalue weighted by Crippen LogP contribution is -2.48. The number of nitrogens with one attached hydrogen (secondary N) is 2. The molecule has 1 aliphatic carbocycles. The highest BCUT2D eigenvalue weighted by Gasteiger charge is 2.36. The standard InChI is InChI=1S/C25H31N7O5S2/c1-3-37-23-13-26-11-20(29-23)22-12-28-25(38-22)24(33)30-21(14-32-8-9-36-15-16(32)2)19-10-17(6-7-27-19)31-39(34,35)18-4-5-18/h6-7,10-13,16,18,21H,3-5,8-9,14-15H2,1-2H3,(H,27,31)(H,30,33)/t16-,21+/m1/s1. The Kier molecular flexibility index (Phi) is 8.35. The first-order valence-corrected chi connectivity index (χ1v) is 15.2. The van der Waals surface area contributed by atoms with E-state index in [0.717, 1.165) is 0 Å². The molecule has 4 heterocycles. The van der Waals surface area contributed by atoms with E-state index in [9.17, 15) is 13.2 Å². The van der Waals surface area contributed by atoms with Gasteiger partial charge in [0, 0.05) is 31.5 Å². The molecule has 2 aliphatic rings. The Hall–Kier alpha value is -3.20. The minimum absolute atomic E-state index is 0.150. The van der Waals surface area contributed by atoms with Crippen molar-refractivity contribution in [3.05, 3.63) is 47.6 Å². The number of anilines is 1. The molecule has 208 valence electrons. The van der Waals surface area contributed by atoms with E-state index in [4.69, 9.17) is 9.47 Å². The number of ether oxygens (including phenoxy) is 2. The minimum Gasteiger partial charge on any atom is -0.477 e. The van der Waals surface area contributed by atoms with Gasteiger partial charge in [0.2, 0.25) is 15.9 Å². The van der Waals surface area contributed by atoms with E-state index in [0.29, 0.717) is 73.6 Å². The van der Waals surface area contributed by atoms with Crippen LogP contribution in [0.1, 0.15) is 48.2 Å². The molecular formula is C25H31N7O5S2. The van der Waals surface area contributed by atoms with Gasteiger partial charge in [-0.05, 0) is 38.8 Å². The number of sulfonamides is 1. The van der Waals surface area contributed by atoms with Crippen molar-refractivity contribution in [3.8, 4) is 16.5 Å². The molecule has 0 aromatic carbocycles. The Morgan fingerprint density at radius 1 is 1.28 bits per heavy atom. The second kappa shape index (κ2) is 11.9. The maximum atomic E-state index is 13.4. The van der Waals surface area contributed by atoms with Gasteiger partial charge in [-0.25, -0.2) is 18.4 Å². The lowest BCUT2D eigenvalue weighted by molar-refractivity contribution is -0.00449. The molecule has 5 rings (SSSR count). The summed E-state index contributed by atoms with van der Waals surface area (Å²) in [5.74, 6) is 0.0363. The van der Waals surface area contributed by atoms with Crippen LogP contribution in [0.5, 0.6) is 5.88 Å². The molecule has 14 heteroatoms. The number of morpholine rings is 1. The van der Waals surface area contributed by atoms with Gasteiger partial charge in [0.1, 0.15) is 5.69 Å². The number of carbonyl (C=O) groups is 1. The Balaban J connectivity index is 1.36. The molecule has 0 unspecified atom stereocenters. The smallest absolute Gasteiger partial charge is 0.280 e. The van der Waals surface area contributed by atoms with Crippen LogP contribution >= 0.6 is 11.3 Å². The highest BCUT2D eigenvalue weighted by molar-refractivity contribution is 7.93. The minimum atomic E-state index is -3.44. The van der Waals surface area contributed by atoms with Crippen LogP contribution in [0, 0.1) is 0 Å². The number of carbonyl (C=O) groups excluding carboxylic acids is 1. The fourth-order valence-electron chi connectivity index (χ4n) is 4.21. The van der Waals surface area contributed by atoms with Gasteiger partial charge in [0.15, 0.2) is 5.01 Å². The fourth-order valence-corrected chi connectivity index (χ4v) is 6.36. The van der Waals surface area contributed by atoms with Crippen LogP contribution < -0.4 is 14.8 Å². The van der Waals surface area contributed by atoms with Crippen LogP contribution in [0.4, 0.5) is 5.69 Å². The summed E-state index contributed by atoms with van der Waals surface area (Å²) in [7, 11) is -3.44. The van der Waals surface area contributed by atoms with Gasteiger partial charge in [-0.1, -0.05) is 0 Å². The van der Waals surface area contributed by atoms with E-state index in [1.807, 2.05) is 6.92 Å². The van der Waals surface area contributed by atoms with Gasteiger partial charge in [-0.3, -0.25) is 24.4 Å². The quantitative estimate of drug-likeness (QED) is 0.350. The van der Waals surface area contributed by atoms with Gasteiger partial charge < -0.3 is 14.8 Å². The highest BCUT2D eigenvalue weighted by atomic mass is 32.2. The van der Waals surface area contributed by atoms with Gasteiger partial charge in [0.25, 0.3) is 5.91 Å². The van der Waals surface area contributed by atoms with Gasteiger partial charge >= 0.3 is 0 Å². The van der Waals surface area contributed by atoms with Crippen LogP contribution in [0.15, 0.2) is 36.9 Å². The summed E-state index contributed by atoms with van der Waals surface area (Å²) < 4.78 is 38.7. The highest BCUT2D eigenvalue weighted by Crippen LogP contribution is 2.30. The predicted octanol–water partition coefficient (Wildman–Crippen LogP) is 2.49. The molecule has 12 nitrogen and oxygen atoms in total. The van der Waals surface area contributed by atoms with E-state index >= 15 is 0 Å². The van der Waals surface area contributed by atoms with Gasteiger partial charge in [-0.2, -0.15) is 0 Å². The number of hydrogen-bond donors (Lipinski definition) is 2. The summed E-state index contributed by atoms with van der Waals surface area (Å²) in [6, 6.07) is 2.93. The van der Waals surface area contributed by atoms with Crippen LogP contribution in [-0.2, 0) is 14.8 Å². The number of hydrogen-bond acceptors (Lipinski definition) is 11. The van der Waals surface area contributed by atoms with Crippen molar-refractivity contribution >= 4 is 33.0 Å². The van der Waals surface area contributed by atoms with Gasteiger partial charge in [0.05, 0.1) is 59.8 Å². The molecule has 2 fully saturated rings. The van der Waals surface area contributed by atoms with E-state index < -0.39 is 16.1 Å². The molecule has 3 aromatic heterocycles. The zero-order valence-electron chi connectivity index (χ0n) is 21.7. The summed E-state index contributed by atoms with van der Waals surface area (Å²) in [5.41, 5.74) is 1.53. The third-order valence-electron chi connectivity index (χ3n) is 6.45. The van der Waals surface area contributed by atoms with Crippen molar-refractivity contribution in [2.75, 3.05) is 37.6 Å². The number of aromatic nitrogens is 4. The molecule has 39 heavy (non-hydrogen) atoms. The van der Waals surface area contributed by atoms with Crippen LogP contribution in [0.25, 0.3) is 10.6 Å². The monoisotopic (exact) mass is 573 g/mol. The van der Waals surface area contributed by atoms with Crippen molar-refractivity contribution < 1.29 is 22.7 Å². The summed E-state index contributed by atoms with van der Waals surface area (Å²) in [4.78, 5) is 33.7. The predicted molar refractivity (Wildman–Crippen MR) is 146 cm³/mol. The number of thiazole rings is 1. The molecule has 1 amide bonds. The molecule has 3 aromatic rings. The molecule has 1 saturated carbocycles. The zero-order valence-corrected chi connectivity index (χ0v) is 23.4. The summed E-state index contributed by atoms with van der Waals surface area (Å²) >= 11 is 1.20. The molecule has 0 spiro atoms. The fraction of sp³-hybridized carbons (Fsp3) is 0.480. The van der Waals surface area contributed by atoms with E-state index in [1.165, 1.54) is 17.5 Å². The Labute approximate surface area is 231 Å². The molecule has 0 radical (unpaired) electrons. The molecule has 2 N–H and O–H groups in total. The van der Waals surface area contributed by atoms with E-state index in [-0.39, 0.29) is 22.2 Å². The second-order valence-electron chi connectivity index (χ2n) is 9.47. The van der Waals surface area contributed by atoms with Gasteiger partial charge in [-0.15, -0.1) is 11.3 Å². The first-order chi connectivity index (χ1) is 18.8. The third-order valence-corrected chi connectivity index (χ3v) is 9.33. The number of amides is 1. The number of rotatable bonds is 11. The average molecular weight is 574 g/mol. The average Bonchev–Trinajstić information content (AvgIpc) is 3.68. The normalized spacial score (nSPS) is 18.9. The summed E-state index contributed by atoms with van der Waals surface area (Å²) in [5, 5.41) is 2.98. The lowest BCUT2D eigenvalue weighted by Gasteiger charge is -2.35. The maximum absolute atomic E-state index is 13.4. The second-order valence-corrected chi connectivity index (χ2v) is 12.5. The van der Waals surface area contributed by atoms with Crippen molar-refractivity contribution in [1.29, 1.82) is 0 Å². The Morgan fingerprint density at radius 2 is 2.13 bits per heavy atom. The van der Waals surface area contributed by atoms with Crippen molar-refractivity contribution in [1.82, 2.24) is 30.2 Å². The van der Waals surface area contributed by atoms with E-state index in [2.05, 4.69) is 41.8 Å². The topological polar surface area (TPSA) is 149 Å². The van der Waals surface area contributed by atoms with E-state index in [1.54, 1.807) is 30.7 Å². The Bertz CT molecular complexity index is 1410. The SMILES string of the molecule is CCOc1cncc(-c2cnc(C(=O)N[C@@H](CN3CCOC[C@H]3C)c3cc(NS(=O)(=O)C4CC4)ccn3)s2)n1. The molecule has 2 atom stereocenters. The number of nitrogens with zero attached hydrogens (tertiary/aromatic N) is 5. The molecule has 1 saturated heterocycles. The first-order valence-electron chi connectivity index (χ1n) is 12.8. The maximum Gasteiger partial charge on any atom is 0.280 e.